The molecule has 166 valence electrons. The van der Waals surface area contributed by atoms with E-state index in [-0.39, 0.29) is 12.8 Å². The molecule has 1 aliphatic carbocycles. The summed E-state index contributed by atoms with van der Waals surface area (Å²) >= 11 is 0. The molecule has 2 aromatic rings. The molecule has 31 heavy (non-hydrogen) atoms. The van der Waals surface area contributed by atoms with Gasteiger partial charge in [0.2, 0.25) is 5.91 Å². The molecule has 2 aliphatic rings. The van der Waals surface area contributed by atoms with Gasteiger partial charge in [0.05, 0.1) is 5.41 Å². The lowest BCUT2D eigenvalue weighted by Crippen LogP contribution is -2.29. The fourth-order valence-electron chi connectivity index (χ4n) is 4.65. The summed E-state index contributed by atoms with van der Waals surface area (Å²) in [6.07, 6.45) is -1.47. The Morgan fingerprint density at radius 3 is 2.35 bits per heavy atom. The third-order valence-corrected chi connectivity index (χ3v) is 6.65. The Hall–Kier alpha value is -2.50. The van der Waals surface area contributed by atoms with E-state index in [0.717, 1.165) is 42.6 Å². The first-order chi connectivity index (χ1) is 14.6. The standard InChI is InChI=1S/C25H29F3N2O/c1-16-7-8-21-19(12-16)6-4-5-11-30(21)20-13-17(2)23(18(3)14-20)29-22(31)15-24(9-10-24)25(26,27)28/h7-8,12-14H,4-6,9-11,15H2,1-3H3,(H,29,31). The maximum Gasteiger partial charge on any atom is 0.395 e. The van der Waals surface area contributed by atoms with Crippen LogP contribution in [0.5, 0.6) is 0 Å². The second kappa shape index (κ2) is 7.88. The Morgan fingerprint density at radius 1 is 1.06 bits per heavy atom. The van der Waals surface area contributed by atoms with E-state index in [4.69, 9.17) is 0 Å². The number of carbonyl (C=O) groups is 1. The van der Waals surface area contributed by atoms with E-state index in [0.29, 0.717) is 5.69 Å². The zero-order valence-electron chi connectivity index (χ0n) is 18.3. The summed E-state index contributed by atoms with van der Waals surface area (Å²) in [7, 11) is 0. The molecule has 0 radical (unpaired) electrons. The average molecular weight is 431 g/mol. The van der Waals surface area contributed by atoms with Gasteiger partial charge in [0, 0.05) is 30.0 Å². The fraction of sp³-hybridized carbons (Fsp3) is 0.480. The van der Waals surface area contributed by atoms with Gasteiger partial charge in [-0.3, -0.25) is 4.79 Å². The van der Waals surface area contributed by atoms with E-state index in [1.165, 1.54) is 16.8 Å². The molecule has 0 unspecified atom stereocenters. The van der Waals surface area contributed by atoms with Gasteiger partial charge >= 0.3 is 6.18 Å². The van der Waals surface area contributed by atoms with Gasteiger partial charge in [0.1, 0.15) is 0 Å². The lowest BCUT2D eigenvalue weighted by atomic mass is 10.0. The van der Waals surface area contributed by atoms with E-state index in [1.807, 2.05) is 26.0 Å². The third-order valence-electron chi connectivity index (χ3n) is 6.65. The zero-order valence-corrected chi connectivity index (χ0v) is 18.3. The summed E-state index contributed by atoms with van der Waals surface area (Å²) in [5, 5.41) is 2.76. The first kappa shape index (κ1) is 21.7. The number of hydrogen-bond acceptors (Lipinski definition) is 2. The zero-order chi connectivity index (χ0) is 22.4. The van der Waals surface area contributed by atoms with Crippen LogP contribution in [-0.2, 0) is 11.2 Å². The van der Waals surface area contributed by atoms with Gasteiger partial charge in [-0.05, 0) is 87.8 Å². The van der Waals surface area contributed by atoms with Gasteiger partial charge in [-0.1, -0.05) is 17.7 Å². The smallest absolute Gasteiger partial charge is 0.341 e. The van der Waals surface area contributed by atoms with Crippen LogP contribution in [0.1, 0.15) is 54.4 Å². The monoisotopic (exact) mass is 430 g/mol. The predicted octanol–water partition coefficient (Wildman–Crippen LogP) is 6.76. The Bertz CT molecular complexity index is 985. The number of nitrogens with one attached hydrogen (secondary N) is 1. The van der Waals surface area contributed by atoms with Crippen molar-refractivity contribution < 1.29 is 18.0 Å². The number of benzene rings is 2. The minimum atomic E-state index is -4.32. The topological polar surface area (TPSA) is 32.3 Å². The average Bonchev–Trinajstić information content (AvgIpc) is 3.48. The van der Waals surface area contributed by atoms with Crippen LogP contribution in [-0.4, -0.2) is 18.6 Å². The molecule has 1 heterocycles. The Kier molecular flexibility index (Phi) is 5.52. The first-order valence-corrected chi connectivity index (χ1v) is 10.9. The van der Waals surface area contributed by atoms with E-state index in [2.05, 4.69) is 35.3 Å². The van der Waals surface area contributed by atoms with Crippen molar-refractivity contribution in [1.82, 2.24) is 0 Å². The Morgan fingerprint density at radius 2 is 1.74 bits per heavy atom. The van der Waals surface area contributed by atoms with Crippen LogP contribution in [0.2, 0.25) is 0 Å². The summed E-state index contributed by atoms with van der Waals surface area (Å²) in [5.74, 6) is -0.565. The molecule has 0 atom stereocenters. The minimum Gasteiger partial charge on any atom is -0.341 e. The number of alkyl halides is 3. The molecular weight excluding hydrogens is 401 g/mol. The van der Waals surface area contributed by atoms with Gasteiger partial charge in [-0.25, -0.2) is 0 Å². The molecule has 0 saturated heterocycles. The fourth-order valence-corrected chi connectivity index (χ4v) is 4.65. The normalized spacial score (nSPS) is 17.7. The lowest BCUT2D eigenvalue weighted by molar-refractivity contribution is -0.189. The Labute approximate surface area is 181 Å². The number of hydrogen-bond donors (Lipinski definition) is 1. The van der Waals surface area contributed by atoms with Crippen molar-refractivity contribution in [2.24, 2.45) is 5.41 Å². The van der Waals surface area contributed by atoms with Crippen molar-refractivity contribution in [2.45, 2.75) is 65.5 Å². The van der Waals surface area contributed by atoms with E-state index in [9.17, 15) is 18.0 Å². The highest BCUT2D eigenvalue weighted by Crippen LogP contribution is 2.60. The molecule has 1 aliphatic heterocycles. The van der Waals surface area contributed by atoms with Crippen LogP contribution >= 0.6 is 0 Å². The number of rotatable bonds is 4. The second-order valence-corrected chi connectivity index (χ2v) is 9.20. The van der Waals surface area contributed by atoms with Gasteiger partial charge < -0.3 is 10.2 Å². The Balaban J connectivity index is 1.58. The van der Waals surface area contributed by atoms with Crippen LogP contribution in [0.4, 0.5) is 30.2 Å². The van der Waals surface area contributed by atoms with Crippen LogP contribution in [0.3, 0.4) is 0 Å². The molecule has 1 amide bonds. The highest BCUT2D eigenvalue weighted by Gasteiger charge is 2.63. The van der Waals surface area contributed by atoms with Gasteiger partial charge in [-0.2, -0.15) is 13.2 Å². The van der Waals surface area contributed by atoms with Crippen molar-refractivity contribution in [2.75, 3.05) is 16.8 Å². The number of nitrogens with zero attached hydrogens (tertiary/aromatic N) is 1. The highest BCUT2D eigenvalue weighted by atomic mass is 19.4. The first-order valence-electron chi connectivity index (χ1n) is 10.9. The molecule has 0 spiro atoms. The molecule has 3 nitrogen and oxygen atoms in total. The van der Waals surface area contributed by atoms with E-state index >= 15 is 0 Å². The quantitative estimate of drug-likeness (QED) is 0.581. The van der Waals surface area contributed by atoms with Crippen LogP contribution in [0.15, 0.2) is 30.3 Å². The molecular formula is C25H29F3N2O. The maximum atomic E-state index is 13.2. The summed E-state index contributed by atoms with van der Waals surface area (Å²) < 4.78 is 39.6. The number of aryl methyl sites for hydroxylation is 4. The van der Waals surface area contributed by atoms with Crippen molar-refractivity contribution in [3.05, 3.63) is 52.6 Å². The number of halogens is 3. The highest BCUT2D eigenvalue weighted by molar-refractivity contribution is 5.93. The molecule has 0 bridgehead atoms. The number of amides is 1. The third kappa shape index (κ3) is 4.30. The largest absolute Gasteiger partial charge is 0.395 e. The van der Waals surface area contributed by atoms with Crippen LogP contribution in [0, 0.1) is 26.2 Å². The summed E-state index contributed by atoms with van der Waals surface area (Å²) in [4.78, 5) is 14.7. The van der Waals surface area contributed by atoms with Crippen LogP contribution < -0.4 is 10.2 Å². The van der Waals surface area contributed by atoms with E-state index < -0.39 is 23.9 Å². The maximum absolute atomic E-state index is 13.2. The summed E-state index contributed by atoms with van der Waals surface area (Å²) in [6.45, 7) is 6.81. The second-order valence-electron chi connectivity index (χ2n) is 9.20. The van der Waals surface area contributed by atoms with Crippen molar-refractivity contribution in [3.63, 3.8) is 0 Å². The molecule has 1 saturated carbocycles. The predicted molar refractivity (Wildman–Crippen MR) is 118 cm³/mol. The van der Waals surface area contributed by atoms with E-state index in [1.54, 1.807) is 0 Å². The van der Waals surface area contributed by atoms with Crippen molar-refractivity contribution in [3.8, 4) is 0 Å². The van der Waals surface area contributed by atoms with Gasteiger partial charge in [-0.15, -0.1) is 0 Å². The number of anilines is 3. The SMILES string of the molecule is Cc1ccc2c(c1)CCCCN2c1cc(C)c(NC(=O)CC2(C(F)(F)F)CC2)c(C)c1. The van der Waals surface area contributed by atoms with Gasteiger partial charge in [0.15, 0.2) is 0 Å². The van der Waals surface area contributed by atoms with Crippen LogP contribution in [0.25, 0.3) is 0 Å². The number of fused-ring (bicyclic) bond motifs is 1. The van der Waals surface area contributed by atoms with Gasteiger partial charge in [0.25, 0.3) is 0 Å². The molecule has 1 fully saturated rings. The molecule has 4 rings (SSSR count). The van der Waals surface area contributed by atoms with Crippen molar-refractivity contribution >= 4 is 23.0 Å². The lowest BCUT2D eigenvalue weighted by Gasteiger charge is -2.27. The number of carbonyl (C=O) groups excluding carboxylic acids is 1. The summed E-state index contributed by atoms with van der Waals surface area (Å²) in [5.41, 5.74) is 5.35. The summed E-state index contributed by atoms with van der Waals surface area (Å²) in [6, 6.07) is 10.6. The minimum absolute atomic E-state index is 0.0364. The molecule has 2 aromatic carbocycles. The van der Waals surface area contributed by atoms with Crippen molar-refractivity contribution in [1.29, 1.82) is 0 Å². The molecule has 0 aromatic heterocycles. The molecule has 6 heteroatoms. The molecule has 1 N–H and O–H groups in total.